The minimum atomic E-state index is -3.31. The van der Waals surface area contributed by atoms with Gasteiger partial charge in [0.05, 0.1) is 18.9 Å². The van der Waals surface area contributed by atoms with E-state index in [0.717, 1.165) is 57.1 Å². The summed E-state index contributed by atoms with van der Waals surface area (Å²) in [5.41, 5.74) is 5.34. The summed E-state index contributed by atoms with van der Waals surface area (Å²) >= 11 is 0. The van der Waals surface area contributed by atoms with Gasteiger partial charge in [-0.25, -0.2) is 13.9 Å². The Hall–Kier alpha value is -3.15. The second-order valence-corrected chi connectivity index (χ2v) is 12.2. The molecule has 9 nitrogen and oxygen atoms in total. The van der Waals surface area contributed by atoms with Crippen LogP contribution in [0, 0.1) is 0 Å². The van der Waals surface area contributed by atoms with Crippen molar-refractivity contribution in [3.63, 3.8) is 0 Å². The lowest BCUT2D eigenvalue weighted by atomic mass is 10.0. The third kappa shape index (κ3) is 11.3. The van der Waals surface area contributed by atoms with E-state index in [0.29, 0.717) is 23.8 Å². The van der Waals surface area contributed by atoms with Gasteiger partial charge in [-0.1, -0.05) is 55.8 Å². The van der Waals surface area contributed by atoms with Gasteiger partial charge in [-0.05, 0) is 79.9 Å². The van der Waals surface area contributed by atoms with Crippen LogP contribution >= 0.6 is 12.4 Å². The maximum atomic E-state index is 12.8. The van der Waals surface area contributed by atoms with Gasteiger partial charge in [-0.15, -0.1) is 12.4 Å². The van der Waals surface area contributed by atoms with E-state index in [-0.39, 0.29) is 30.4 Å². The first-order valence-corrected chi connectivity index (χ1v) is 15.9. The molecule has 11 heteroatoms. The summed E-state index contributed by atoms with van der Waals surface area (Å²) in [5.74, 6) is 1.23. The highest BCUT2D eigenvalue weighted by atomic mass is 35.5. The third-order valence-corrected chi connectivity index (χ3v) is 7.50. The molecule has 1 fully saturated rings. The number of halogens is 1. The largest absolute Gasteiger partial charge is 0.457 e. The number of likely N-dealkylation sites (tertiary alicyclic amines) is 1. The molecule has 3 aromatic rings. The highest BCUT2D eigenvalue weighted by Crippen LogP contribution is 2.24. The average Bonchev–Trinajstić information content (AvgIpc) is 2.96. The fourth-order valence-corrected chi connectivity index (χ4v) is 5.38. The van der Waals surface area contributed by atoms with E-state index in [1.807, 2.05) is 42.5 Å². The van der Waals surface area contributed by atoms with Crippen molar-refractivity contribution in [2.24, 2.45) is 0 Å². The molecule has 1 aliphatic rings. The van der Waals surface area contributed by atoms with Crippen LogP contribution < -0.4 is 20.3 Å². The second kappa shape index (κ2) is 16.5. The van der Waals surface area contributed by atoms with Gasteiger partial charge >= 0.3 is 0 Å². The van der Waals surface area contributed by atoms with Crippen LogP contribution in [0.4, 0.5) is 5.69 Å². The number of sulfonamides is 1. The fraction of sp³-hybridized carbons (Fsp3) is 0.387. The molecule has 1 heterocycles. The maximum absolute atomic E-state index is 12.8. The van der Waals surface area contributed by atoms with Gasteiger partial charge in [-0.2, -0.15) is 0 Å². The number of carbonyl (C=O) groups is 1. The van der Waals surface area contributed by atoms with Gasteiger partial charge in [0, 0.05) is 18.3 Å². The van der Waals surface area contributed by atoms with E-state index in [2.05, 4.69) is 39.5 Å². The first-order chi connectivity index (χ1) is 19.8. The summed E-state index contributed by atoms with van der Waals surface area (Å²) in [7, 11) is -3.31. The van der Waals surface area contributed by atoms with Crippen molar-refractivity contribution >= 4 is 34.0 Å². The lowest BCUT2D eigenvalue weighted by molar-refractivity contribution is -0.137. The lowest BCUT2D eigenvalue weighted by Gasteiger charge is -2.34. The number of piperidine rings is 1. The van der Waals surface area contributed by atoms with Crippen LogP contribution in [0.2, 0.25) is 0 Å². The Kier molecular flexibility index (Phi) is 13.1. The molecule has 3 N–H and O–H groups in total. The van der Waals surface area contributed by atoms with E-state index in [1.54, 1.807) is 24.3 Å². The number of hydrogen-bond donors (Lipinski definition) is 3. The molecule has 0 saturated carbocycles. The van der Waals surface area contributed by atoms with Crippen molar-refractivity contribution in [1.82, 2.24) is 15.7 Å². The molecule has 0 aromatic heterocycles. The molecule has 3 aromatic carbocycles. The third-order valence-electron chi connectivity index (χ3n) is 6.90. The van der Waals surface area contributed by atoms with E-state index in [9.17, 15) is 13.2 Å². The number of nitrogens with one attached hydrogen (secondary N) is 3. The predicted octanol–water partition coefficient (Wildman–Crippen LogP) is 5.24. The molecule has 1 unspecified atom stereocenters. The molecule has 0 aliphatic carbocycles. The minimum Gasteiger partial charge on any atom is -0.457 e. The monoisotopic (exact) mass is 616 g/mol. The van der Waals surface area contributed by atoms with Crippen molar-refractivity contribution < 1.29 is 22.8 Å². The van der Waals surface area contributed by atoms with Crippen LogP contribution in [0.5, 0.6) is 11.5 Å². The number of nitrogens with zero attached hydrogens (tertiary/aromatic N) is 1. The number of hydroxylamine groups is 1. The Morgan fingerprint density at radius 1 is 0.929 bits per heavy atom. The lowest BCUT2D eigenvalue weighted by Crippen LogP contribution is -2.51. The summed E-state index contributed by atoms with van der Waals surface area (Å²) < 4.78 is 31.1. The Labute approximate surface area is 255 Å². The molecule has 0 radical (unpaired) electrons. The van der Waals surface area contributed by atoms with Gasteiger partial charge in [0.2, 0.25) is 10.0 Å². The Balaban J connectivity index is 0.00000484. The summed E-state index contributed by atoms with van der Waals surface area (Å²) in [6.45, 7) is 5.18. The molecule has 1 aliphatic heterocycles. The number of carbonyl (C=O) groups excluding carboxylic acids is 1. The number of benzene rings is 3. The zero-order valence-corrected chi connectivity index (χ0v) is 25.8. The SMILES string of the molecule is CCCC(NC1CCN(Cc2ccc(Oc3ccc(NS(C)(=O)=O)cc3)cc2)CC1)C(=O)NOCc1ccccc1.Cl. The number of amides is 1. The second-order valence-electron chi connectivity index (χ2n) is 10.4. The summed E-state index contributed by atoms with van der Waals surface area (Å²) in [4.78, 5) is 20.7. The normalized spacial score (nSPS) is 14.9. The number of rotatable bonds is 14. The van der Waals surface area contributed by atoms with Gasteiger partial charge in [-0.3, -0.25) is 19.3 Å². The molecule has 1 saturated heterocycles. The molecule has 4 rings (SSSR count). The molecule has 228 valence electrons. The van der Waals surface area contributed by atoms with Gasteiger partial charge < -0.3 is 10.1 Å². The first-order valence-electron chi connectivity index (χ1n) is 14.1. The van der Waals surface area contributed by atoms with E-state index < -0.39 is 10.0 Å². The number of ether oxygens (including phenoxy) is 1. The van der Waals surface area contributed by atoms with Crippen molar-refractivity contribution in [1.29, 1.82) is 0 Å². The topological polar surface area (TPSA) is 109 Å². The number of anilines is 1. The van der Waals surface area contributed by atoms with Crippen LogP contribution in [0.1, 0.15) is 43.7 Å². The minimum absolute atomic E-state index is 0. The molecule has 1 atom stereocenters. The van der Waals surface area contributed by atoms with Gasteiger partial charge in [0.15, 0.2) is 0 Å². The summed E-state index contributed by atoms with van der Waals surface area (Å²) in [5, 5.41) is 3.57. The molecule has 0 bridgehead atoms. The van der Waals surface area contributed by atoms with Crippen molar-refractivity contribution in [2.45, 2.75) is 57.8 Å². The highest BCUT2D eigenvalue weighted by Gasteiger charge is 2.25. The zero-order chi connectivity index (χ0) is 29.1. The summed E-state index contributed by atoms with van der Waals surface area (Å²) in [6.07, 6.45) is 4.74. The smallest absolute Gasteiger partial charge is 0.260 e. The molecule has 0 spiro atoms. The van der Waals surface area contributed by atoms with E-state index in [4.69, 9.17) is 9.57 Å². The standard InChI is InChI=1S/C31H40N4O5S.ClH/c1-3-7-30(31(36)33-39-23-25-8-5-4-6-9-25)32-26-18-20-35(21-19-26)22-24-10-14-28(15-11-24)40-29-16-12-27(13-17-29)34-41(2,37)38;/h4-6,8-17,26,30,32,34H,3,7,18-23H2,1-2H3,(H,33,36);1H. The molecular formula is C31H41ClN4O5S. The Morgan fingerprint density at radius 3 is 2.14 bits per heavy atom. The van der Waals surface area contributed by atoms with E-state index in [1.165, 1.54) is 5.56 Å². The van der Waals surface area contributed by atoms with Gasteiger partial charge in [0.1, 0.15) is 11.5 Å². The zero-order valence-electron chi connectivity index (χ0n) is 24.1. The quantitative estimate of drug-likeness (QED) is 0.213. The van der Waals surface area contributed by atoms with Gasteiger partial charge in [0.25, 0.3) is 5.91 Å². The van der Waals surface area contributed by atoms with Crippen LogP contribution in [-0.4, -0.2) is 50.7 Å². The van der Waals surface area contributed by atoms with Crippen molar-refractivity contribution in [3.8, 4) is 11.5 Å². The molecule has 42 heavy (non-hydrogen) atoms. The molecule has 1 amide bonds. The summed E-state index contributed by atoms with van der Waals surface area (Å²) in [6, 6.07) is 24.6. The maximum Gasteiger partial charge on any atom is 0.260 e. The van der Waals surface area contributed by atoms with Crippen molar-refractivity contribution in [3.05, 3.63) is 90.0 Å². The molecular weight excluding hydrogens is 576 g/mol. The average molecular weight is 617 g/mol. The predicted molar refractivity (Wildman–Crippen MR) is 168 cm³/mol. The Morgan fingerprint density at radius 2 is 1.55 bits per heavy atom. The van der Waals surface area contributed by atoms with Crippen LogP contribution in [0.15, 0.2) is 78.9 Å². The Bertz CT molecular complexity index is 1330. The van der Waals surface area contributed by atoms with Crippen LogP contribution in [-0.2, 0) is 32.8 Å². The van der Waals surface area contributed by atoms with E-state index >= 15 is 0 Å². The number of hydrogen-bond acceptors (Lipinski definition) is 7. The fourth-order valence-electron chi connectivity index (χ4n) is 4.82. The first kappa shape index (κ1) is 33.4. The van der Waals surface area contributed by atoms with Crippen molar-refractivity contribution in [2.75, 3.05) is 24.1 Å². The van der Waals surface area contributed by atoms with Crippen LogP contribution in [0.25, 0.3) is 0 Å². The van der Waals surface area contributed by atoms with Crippen LogP contribution in [0.3, 0.4) is 0 Å². The highest BCUT2D eigenvalue weighted by molar-refractivity contribution is 7.92.